The molecule has 38 heavy (non-hydrogen) atoms. The summed E-state index contributed by atoms with van der Waals surface area (Å²) >= 11 is 0. The summed E-state index contributed by atoms with van der Waals surface area (Å²) < 4.78 is 5.21. The number of fused-ring (bicyclic) bond motifs is 1. The minimum absolute atomic E-state index is 0.247. The molecule has 0 aliphatic heterocycles. The van der Waals surface area contributed by atoms with Gasteiger partial charge in [-0.25, -0.2) is 14.8 Å². The second-order valence-corrected chi connectivity index (χ2v) is 8.42. The highest BCUT2D eigenvalue weighted by Gasteiger charge is 2.16. The van der Waals surface area contributed by atoms with Crippen LogP contribution < -0.4 is 11.1 Å². The van der Waals surface area contributed by atoms with E-state index in [1.165, 1.54) is 24.3 Å². The quantitative estimate of drug-likeness (QED) is 0.306. The molecule has 8 nitrogen and oxygen atoms in total. The molecule has 4 aromatic carbocycles. The molecule has 2 amide bonds. The van der Waals surface area contributed by atoms with Crippen LogP contribution in [0.1, 0.15) is 20.7 Å². The van der Waals surface area contributed by atoms with Crippen molar-refractivity contribution in [3.05, 3.63) is 114 Å². The number of nitrogens with one attached hydrogen (secondary N) is 1. The van der Waals surface area contributed by atoms with Gasteiger partial charge >= 0.3 is 5.97 Å². The molecule has 5 aromatic rings. The lowest BCUT2D eigenvalue weighted by atomic mass is 10.0. The zero-order valence-corrected chi connectivity index (χ0v) is 20.1. The maximum absolute atomic E-state index is 12.7. The number of benzene rings is 4. The Morgan fingerprint density at radius 3 is 1.82 bits per heavy atom. The molecule has 1 heterocycles. The molecule has 3 N–H and O–H groups in total. The predicted octanol–water partition coefficient (Wildman–Crippen LogP) is 4.86. The Hall–Kier alpha value is -5.37. The average molecular weight is 503 g/mol. The van der Waals surface area contributed by atoms with E-state index < -0.39 is 24.4 Å². The molecule has 8 heteroatoms. The highest BCUT2D eigenvalue weighted by molar-refractivity contribution is 5.98. The van der Waals surface area contributed by atoms with Gasteiger partial charge in [-0.3, -0.25) is 9.59 Å². The molecule has 0 radical (unpaired) electrons. The van der Waals surface area contributed by atoms with Crippen LogP contribution in [-0.2, 0) is 9.53 Å². The van der Waals surface area contributed by atoms with Crippen molar-refractivity contribution in [1.29, 1.82) is 0 Å². The number of rotatable bonds is 7. The van der Waals surface area contributed by atoms with Crippen LogP contribution in [0, 0.1) is 0 Å². The minimum Gasteiger partial charge on any atom is -0.452 e. The standard InChI is InChI=1S/C30H22N4O4/c31-29(36)21-11-14-23(15-12-21)32-26(35)18-38-30(37)22-13-16-24-25(17-22)34-28(20-9-5-2-6-10-20)27(33-24)19-7-3-1-4-8-19/h1-17H,18H2,(H2,31,36)(H,32,35). The molecule has 5 rings (SSSR count). The Balaban J connectivity index is 1.36. The van der Waals surface area contributed by atoms with Gasteiger partial charge in [0.15, 0.2) is 6.61 Å². The van der Waals surface area contributed by atoms with Gasteiger partial charge in [0, 0.05) is 22.4 Å². The van der Waals surface area contributed by atoms with E-state index in [0.717, 1.165) is 16.8 Å². The van der Waals surface area contributed by atoms with Crippen molar-refractivity contribution in [1.82, 2.24) is 9.97 Å². The van der Waals surface area contributed by atoms with Crippen molar-refractivity contribution in [2.24, 2.45) is 5.73 Å². The lowest BCUT2D eigenvalue weighted by Gasteiger charge is -2.11. The number of carbonyl (C=O) groups is 3. The number of ether oxygens (including phenoxy) is 1. The molecule has 186 valence electrons. The number of primary amides is 1. The highest BCUT2D eigenvalue weighted by atomic mass is 16.5. The summed E-state index contributed by atoms with van der Waals surface area (Å²) in [6.07, 6.45) is 0. The van der Waals surface area contributed by atoms with Gasteiger partial charge in [-0.1, -0.05) is 60.7 Å². The van der Waals surface area contributed by atoms with Crippen molar-refractivity contribution in [3.63, 3.8) is 0 Å². The van der Waals surface area contributed by atoms with Gasteiger partial charge in [-0.2, -0.15) is 0 Å². The van der Waals surface area contributed by atoms with Gasteiger partial charge in [0.2, 0.25) is 5.91 Å². The monoisotopic (exact) mass is 502 g/mol. The third-order valence-corrected chi connectivity index (χ3v) is 5.78. The lowest BCUT2D eigenvalue weighted by molar-refractivity contribution is -0.119. The van der Waals surface area contributed by atoms with Crippen LogP contribution in [0.2, 0.25) is 0 Å². The van der Waals surface area contributed by atoms with Gasteiger partial charge in [-0.15, -0.1) is 0 Å². The Morgan fingerprint density at radius 2 is 1.24 bits per heavy atom. The summed E-state index contributed by atoms with van der Waals surface area (Å²) in [6.45, 7) is -0.484. The number of amides is 2. The normalized spacial score (nSPS) is 10.6. The number of nitrogens with zero attached hydrogens (tertiary/aromatic N) is 2. The predicted molar refractivity (Wildman–Crippen MR) is 144 cm³/mol. The molecular formula is C30H22N4O4. The zero-order valence-electron chi connectivity index (χ0n) is 20.1. The van der Waals surface area contributed by atoms with Crippen LogP contribution in [0.15, 0.2) is 103 Å². The van der Waals surface area contributed by atoms with Gasteiger partial charge in [-0.05, 0) is 42.5 Å². The van der Waals surface area contributed by atoms with Crippen molar-refractivity contribution in [2.45, 2.75) is 0 Å². The fourth-order valence-corrected chi connectivity index (χ4v) is 3.91. The molecule has 0 bridgehead atoms. The summed E-state index contributed by atoms with van der Waals surface area (Å²) in [4.78, 5) is 45.8. The molecule has 1 aromatic heterocycles. The lowest BCUT2D eigenvalue weighted by Crippen LogP contribution is -2.21. The summed E-state index contributed by atoms with van der Waals surface area (Å²) in [6, 6.07) is 30.5. The van der Waals surface area contributed by atoms with E-state index in [4.69, 9.17) is 20.4 Å². The first kappa shape index (κ1) is 24.3. The molecule has 0 atom stereocenters. The molecule has 0 unspecified atom stereocenters. The van der Waals surface area contributed by atoms with E-state index in [-0.39, 0.29) is 5.56 Å². The Labute approximate surface area is 218 Å². The second kappa shape index (κ2) is 10.7. The Bertz CT molecular complexity index is 1640. The third-order valence-electron chi connectivity index (χ3n) is 5.78. The Morgan fingerprint density at radius 1 is 0.684 bits per heavy atom. The maximum Gasteiger partial charge on any atom is 0.338 e. The third kappa shape index (κ3) is 5.39. The Kier molecular flexibility index (Phi) is 6.86. The number of anilines is 1. The van der Waals surface area contributed by atoms with Crippen LogP contribution in [0.3, 0.4) is 0 Å². The number of nitrogens with two attached hydrogens (primary N) is 1. The van der Waals surface area contributed by atoms with Gasteiger partial charge in [0.25, 0.3) is 5.91 Å². The fourth-order valence-electron chi connectivity index (χ4n) is 3.91. The second-order valence-electron chi connectivity index (χ2n) is 8.42. The van der Waals surface area contributed by atoms with Crippen molar-refractivity contribution in [2.75, 3.05) is 11.9 Å². The van der Waals surface area contributed by atoms with E-state index in [9.17, 15) is 14.4 Å². The van der Waals surface area contributed by atoms with Gasteiger partial charge in [0.05, 0.1) is 28.0 Å². The topological polar surface area (TPSA) is 124 Å². The first-order chi connectivity index (χ1) is 18.5. The summed E-state index contributed by atoms with van der Waals surface area (Å²) in [5, 5.41) is 2.60. The summed E-state index contributed by atoms with van der Waals surface area (Å²) in [5.41, 5.74) is 10.6. The molecule has 0 fully saturated rings. The number of hydrogen-bond acceptors (Lipinski definition) is 6. The van der Waals surface area contributed by atoms with Crippen LogP contribution in [-0.4, -0.2) is 34.4 Å². The smallest absolute Gasteiger partial charge is 0.338 e. The number of aromatic nitrogens is 2. The fraction of sp³-hybridized carbons (Fsp3) is 0.0333. The first-order valence-corrected chi connectivity index (χ1v) is 11.8. The number of hydrogen-bond donors (Lipinski definition) is 2. The van der Waals surface area contributed by atoms with E-state index in [2.05, 4.69) is 5.32 Å². The van der Waals surface area contributed by atoms with E-state index in [0.29, 0.717) is 28.0 Å². The SMILES string of the molecule is NC(=O)c1ccc(NC(=O)COC(=O)c2ccc3nc(-c4ccccc4)c(-c4ccccc4)nc3c2)cc1. The molecule has 0 saturated carbocycles. The van der Waals surface area contributed by atoms with Gasteiger partial charge in [0.1, 0.15) is 0 Å². The van der Waals surface area contributed by atoms with E-state index >= 15 is 0 Å². The molecule has 0 aliphatic rings. The summed E-state index contributed by atoms with van der Waals surface area (Å²) in [5.74, 6) is -1.75. The zero-order chi connectivity index (χ0) is 26.5. The van der Waals surface area contributed by atoms with Crippen LogP contribution >= 0.6 is 0 Å². The first-order valence-electron chi connectivity index (χ1n) is 11.8. The number of esters is 1. The molecule has 0 saturated heterocycles. The van der Waals surface area contributed by atoms with Crippen molar-refractivity contribution in [3.8, 4) is 22.5 Å². The minimum atomic E-state index is -0.665. The van der Waals surface area contributed by atoms with Crippen molar-refractivity contribution < 1.29 is 19.1 Å². The maximum atomic E-state index is 12.7. The van der Waals surface area contributed by atoms with E-state index in [1.807, 2.05) is 60.7 Å². The van der Waals surface area contributed by atoms with E-state index in [1.54, 1.807) is 18.2 Å². The molecule has 0 spiro atoms. The summed E-state index contributed by atoms with van der Waals surface area (Å²) in [7, 11) is 0. The van der Waals surface area contributed by atoms with Crippen LogP contribution in [0.5, 0.6) is 0 Å². The van der Waals surface area contributed by atoms with Crippen LogP contribution in [0.4, 0.5) is 5.69 Å². The highest BCUT2D eigenvalue weighted by Crippen LogP contribution is 2.31. The van der Waals surface area contributed by atoms with Crippen LogP contribution in [0.25, 0.3) is 33.5 Å². The molecular weight excluding hydrogens is 480 g/mol. The number of carbonyl (C=O) groups excluding carboxylic acids is 3. The van der Waals surface area contributed by atoms with Gasteiger partial charge < -0.3 is 15.8 Å². The largest absolute Gasteiger partial charge is 0.452 e. The molecule has 0 aliphatic carbocycles. The average Bonchev–Trinajstić information content (AvgIpc) is 2.96. The van der Waals surface area contributed by atoms with Crippen molar-refractivity contribution >= 4 is 34.5 Å².